The fraction of sp³-hybridized carbons (Fsp3) is 0.611. The van der Waals surface area contributed by atoms with Crippen LogP contribution in [-0.4, -0.2) is 61.4 Å². The predicted octanol–water partition coefficient (Wildman–Crippen LogP) is 2.25. The molecular formula is C18H21F3N2O4S. The van der Waals surface area contributed by atoms with Gasteiger partial charge in [-0.3, -0.25) is 4.79 Å². The minimum absolute atomic E-state index is 0.0560. The van der Waals surface area contributed by atoms with Gasteiger partial charge in [0.1, 0.15) is 6.61 Å². The molecule has 4 rings (SSSR count). The number of amides is 1. The molecule has 2 atom stereocenters. The Labute approximate surface area is 161 Å². The van der Waals surface area contributed by atoms with Gasteiger partial charge in [0, 0.05) is 25.7 Å². The molecule has 3 saturated heterocycles. The van der Waals surface area contributed by atoms with Gasteiger partial charge in [-0.15, -0.1) is 0 Å². The average molecular weight is 418 g/mol. The molecule has 1 amide bonds. The van der Waals surface area contributed by atoms with Gasteiger partial charge < -0.3 is 9.64 Å². The van der Waals surface area contributed by atoms with Gasteiger partial charge >= 0.3 is 6.18 Å². The van der Waals surface area contributed by atoms with Crippen molar-refractivity contribution in [2.24, 2.45) is 0 Å². The highest BCUT2D eigenvalue weighted by Crippen LogP contribution is 2.47. The molecule has 1 spiro atoms. The first kappa shape index (κ1) is 19.7. The largest absolute Gasteiger partial charge is 0.417 e. The lowest BCUT2D eigenvalue weighted by Gasteiger charge is -2.49. The number of morpholine rings is 1. The quantitative estimate of drug-likeness (QED) is 0.739. The van der Waals surface area contributed by atoms with Crippen molar-refractivity contribution < 1.29 is 31.1 Å². The highest BCUT2D eigenvalue weighted by molar-refractivity contribution is 7.89. The van der Waals surface area contributed by atoms with E-state index < -0.39 is 44.3 Å². The van der Waals surface area contributed by atoms with E-state index in [1.807, 2.05) is 0 Å². The van der Waals surface area contributed by atoms with Crippen LogP contribution in [0.2, 0.25) is 0 Å². The molecule has 154 valence electrons. The summed E-state index contributed by atoms with van der Waals surface area (Å²) in [5.74, 6) is -0.132. The summed E-state index contributed by atoms with van der Waals surface area (Å²) in [6.07, 6.45) is -2.87. The maximum Gasteiger partial charge on any atom is 0.417 e. The van der Waals surface area contributed by atoms with E-state index in [1.54, 1.807) is 11.9 Å². The molecule has 3 aliphatic heterocycles. The van der Waals surface area contributed by atoms with E-state index in [-0.39, 0.29) is 12.5 Å². The Balaban J connectivity index is 1.66. The van der Waals surface area contributed by atoms with Crippen molar-refractivity contribution in [2.45, 2.75) is 54.4 Å². The Morgan fingerprint density at radius 2 is 1.75 bits per heavy atom. The smallest absolute Gasteiger partial charge is 0.363 e. The van der Waals surface area contributed by atoms with E-state index in [0.29, 0.717) is 32.2 Å². The van der Waals surface area contributed by atoms with Crippen LogP contribution in [0.5, 0.6) is 0 Å². The predicted molar refractivity (Wildman–Crippen MR) is 92.8 cm³/mol. The summed E-state index contributed by atoms with van der Waals surface area (Å²) in [5, 5.41) is 0. The summed E-state index contributed by atoms with van der Waals surface area (Å²) in [6, 6.07) is 3.43. The third-order valence-corrected chi connectivity index (χ3v) is 8.03. The third-order valence-electron chi connectivity index (χ3n) is 5.97. The number of carbonyl (C=O) groups excluding carboxylic acids is 1. The molecule has 3 heterocycles. The summed E-state index contributed by atoms with van der Waals surface area (Å²) in [5.41, 5.74) is -1.78. The van der Waals surface area contributed by atoms with Crippen LogP contribution >= 0.6 is 0 Å². The standard InChI is InChI=1S/C18H21F3N2O4S/c1-22-11-17(27-10-16(22)24)8-12-6-7-13(9-17)23(12)28(25,26)15-5-3-2-4-14(15)18(19,20)21/h2-5,12-13H,6-11H2,1H3. The first-order valence-corrected chi connectivity index (χ1v) is 10.6. The average Bonchev–Trinajstić information content (AvgIpc) is 2.91. The fourth-order valence-electron chi connectivity index (χ4n) is 4.83. The number of rotatable bonds is 2. The molecule has 0 N–H and O–H groups in total. The van der Waals surface area contributed by atoms with Gasteiger partial charge in [-0.2, -0.15) is 17.5 Å². The molecule has 28 heavy (non-hydrogen) atoms. The van der Waals surface area contributed by atoms with E-state index in [0.717, 1.165) is 12.1 Å². The SMILES string of the molecule is CN1CC2(CC3CCC(C2)N3S(=O)(=O)c2ccccc2C(F)(F)F)OCC1=O. The lowest BCUT2D eigenvalue weighted by atomic mass is 9.86. The zero-order valence-corrected chi connectivity index (χ0v) is 16.1. The van der Waals surface area contributed by atoms with Crippen molar-refractivity contribution in [1.82, 2.24) is 9.21 Å². The Hall–Kier alpha value is -1.65. The van der Waals surface area contributed by atoms with Gasteiger partial charge in [-0.1, -0.05) is 12.1 Å². The normalized spacial score (nSPS) is 31.6. The summed E-state index contributed by atoms with van der Waals surface area (Å²) in [4.78, 5) is 12.6. The molecule has 0 aliphatic carbocycles. The van der Waals surface area contributed by atoms with E-state index in [2.05, 4.69) is 0 Å². The van der Waals surface area contributed by atoms with Crippen LogP contribution in [0.3, 0.4) is 0 Å². The van der Waals surface area contributed by atoms with Crippen molar-refractivity contribution in [1.29, 1.82) is 0 Å². The second-order valence-corrected chi connectivity index (χ2v) is 9.66. The van der Waals surface area contributed by atoms with Crippen molar-refractivity contribution in [3.8, 4) is 0 Å². The van der Waals surface area contributed by atoms with E-state index in [9.17, 15) is 26.4 Å². The van der Waals surface area contributed by atoms with Gasteiger partial charge in [0.2, 0.25) is 15.9 Å². The molecule has 10 heteroatoms. The van der Waals surface area contributed by atoms with Crippen LogP contribution in [0, 0.1) is 0 Å². The number of piperidine rings is 1. The van der Waals surface area contributed by atoms with Crippen LogP contribution in [0.25, 0.3) is 0 Å². The minimum Gasteiger partial charge on any atom is -0.363 e. The number of benzene rings is 1. The van der Waals surface area contributed by atoms with Crippen molar-refractivity contribution >= 4 is 15.9 Å². The Morgan fingerprint density at radius 1 is 1.14 bits per heavy atom. The summed E-state index contributed by atoms with van der Waals surface area (Å²) in [6.45, 7) is 0.311. The highest BCUT2D eigenvalue weighted by atomic mass is 32.2. The molecule has 0 aromatic heterocycles. The Morgan fingerprint density at radius 3 is 2.32 bits per heavy atom. The molecule has 3 fully saturated rings. The van der Waals surface area contributed by atoms with Gasteiger partial charge in [0.15, 0.2) is 0 Å². The van der Waals surface area contributed by atoms with Gasteiger partial charge in [-0.25, -0.2) is 8.42 Å². The summed E-state index contributed by atoms with van der Waals surface area (Å²) in [7, 11) is -2.64. The zero-order chi connectivity index (χ0) is 20.3. The minimum atomic E-state index is -4.75. The van der Waals surface area contributed by atoms with E-state index in [1.165, 1.54) is 16.4 Å². The molecule has 0 radical (unpaired) electrons. The zero-order valence-electron chi connectivity index (χ0n) is 15.3. The maximum atomic E-state index is 13.4. The number of alkyl halides is 3. The first-order valence-electron chi connectivity index (χ1n) is 9.11. The van der Waals surface area contributed by atoms with Crippen molar-refractivity contribution in [3.63, 3.8) is 0 Å². The number of hydrogen-bond donors (Lipinski definition) is 0. The second-order valence-electron chi connectivity index (χ2n) is 7.84. The molecule has 3 aliphatic rings. The van der Waals surface area contributed by atoms with Crippen LogP contribution in [0.4, 0.5) is 13.2 Å². The lowest BCUT2D eigenvalue weighted by Crippen LogP contribution is -2.61. The number of sulfonamides is 1. The second kappa shape index (κ2) is 6.43. The maximum absolute atomic E-state index is 13.4. The topological polar surface area (TPSA) is 66.9 Å². The highest BCUT2D eigenvalue weighted by Gasteiger charge is 2.55. The fourth-order valence-corrected chi connectivity index (χ4v) is 6.92. The number of carbonyl (C=O) groups is 1. The van der Waals surface area contributed by atoms with Crippen LogP contribution in [-0.2, 0) is 25.7 Å². The molecule has 1 aromatic rings. The molecule has 1 aromatic carbocycles. The molecule has 6 nitrogen and oxygen atoms in total. The molecule has 2 bridgehead atoms. The van der Waals surface area contributed by atoms with E-state index >= 15 is 0 Å². The molecule has 2 unspecified atom stereocenters. The van der Waals surface area contributed by atoms with Gasteiger partial charge in [-0.05, 0) is 37.8 Å². The van der Waals surface area contributed by atoms with Crippen molar-refractivity contribution in [2.75, 3.05) is 20.2 Å². The Kier molecular flexibility index (Phi) is 4.51. The number of nitrogens with zero attached hydrogens (tertiary/aromatic N) is 2. The summed E-state index contributed by atoms with van der Waals surface area (Å²) >= 11 is 0. The third kappa shape index (κ3) is 3.11. The number of likely N-dealkylation sites (N-methyl/N-ethyl adjacent to an activating group) is 1. The number of ether oxygens (including phenoxy) is 1. The number of hydrogen-bond acceptors (Lipinski definition) is 4. The van der Waals surface area contributed by atoms with E-state index in [4.69, 9.17) is 4.74 Å². The number of fused-ring (bicyclic) bond motifs is 2. The van der Waals surface area contributed by atoms with Crippen LogP contribution < -0.4 is 0 Å². The van der Waals surface area contributed by atoms with Gasteiger partial charge in [0.25, 0.3) is 0 Å². The Bertz CT molecular complexity index is 888. The first-order chi connectivity index (χ1) is 13.0. The van der Waals surface area contributed by atoms with Crippen LogP contribution in [0.1, 0.15) is 31.2 Å². The van der Waals surface area contributed by atoms with Crippen molar-refractivity contribution in [3.05, 3.63) is 29.8 Å². The lowest BCUT2D eigenvalue weighted by molar-refractivity contribution is -0.170. The molecule has 0 saturated carbocycles. The monoisotopic (exact) mass is 418 g/mol. The summed E-state index contributed by atoms with van der Waals surface area (Å²) < 4.78 is 73.7. The van der Waals surface area contributed by atoms with Crippen LogP contribution in [0.15, 0.2) is 29.2 Å². The van der Waals surface area contributed by atoms with Gasteiger partial charge in [0.05, 0.1) is 16.1 Å². The number of halogens is 3. The molecular weight excluding hydrogens is 397 g/mol.